The molecule has 4 aromatic rings. The average Bonchev–Trinajstić information content (AvgIpc) is 3.41. The number of fused-ring (bicyclic) bond motifs is 1. The minimum atomic E-state index is 0.693. The van der Waals surface area contributed by atoms with Crippen LogP contribution in [0.2, 0.25) is 0 Å². The molecule has 0 unspecified atom stereocenters. The molecule has 2 nitrogen and oxygen atoms in total. The lowest BCUT2D eigenvalue weighted by molar-refractivity contribution is 1.54. The van der Waals surface area contributed by atoms with Crippen molar-refractivity contribution >= 4 is 78.0 Å². The third-order valence-electron chi connectivity index (χ3n) is 3.63. The van der Waals surface area contributed by atoms with Crippen LogP contribution in [0.3, 0.4) is 0 Å². The van der Waals surface area contributed by atoms with Crippen molar-refractivity contribution in [3.63, 3.8) is 0 Å². The number of rotatable bonds is 4. The summed E-state index contributed by atoms with van der Waals surface area (Å²) in [5.41, 5.74) is 1.39. The van der Waals surface area contributed by atoms with E-state index >= 15 is 0 Å². The molecule has 4 heterocycles. The Labute approximate surface area is 166 Å². The molecule has 0 fully saturated rings. The summed E-state index contributed by atoms with van der Waals surface area (Å²) in [6.07, 6.45) is 3.90. The van der Waals surface area contributed by atoms with Gasteiger partial charge in [-0.2, -0.15) is 10.5 Å². The predicted molar refractivity (Wildman–Crippen MR) is 115 cm³/mol. The monoisotopic (exact) mass is 406 g/mol. The Bertz CT molecular complexity index is 1060. The quantitative estimate of drug-likeness (QED) is 0.336. The highest BCUT2D eigenvalue weighted by atomic mass is 32.1. The van der Waals surface area contributed by atoms with E-state index in [0.717, 1.165) is 19.5 Å². The van der Waals surface area contributed by atoms with Gasteiger partial charge in [0.2, 0.25) is 0 Å². The van der Waals surface area contributed by atoms with Gasteiger partial charge in [-0.3, -0.25) is 0 Å². The summed E-state index contributed by atoms with van der Waals surface area (Å²) < 4.78 is 2.36. The Morgan fingerprint density at radius 2 is 1.23 bits per heavy atom. The smallest absolute Gasteiger partial charge is 0.101 e. The molecule has 0 amide bonds. The molecular formula is C20H10N2S4. The highest BCUT2D eigenvalue weighted by Gasteiger charge is 2.09. The summed E-state index contributed by atoms with van der Waals surface area (Å²) in [4.78, 5) is 4.13. The van der Waals surface area contributed by atoms with Crippen LogP contribution in [0, 0.1) is 22.7 Å². The molecule has 0 radical (unpaired) electrons. The zero-order valence-electron chi connectivity index (χ0n) is 13.3. The van der Waals surface area contributed by atoms with Crippen molar-refractivity contribution in [2.75, 3.05) is 0 Å². The van der Waals surface area contributed by atoms with Crippen LogP contribution in [0.25, 0.3) is 32.7 Å². The van der Waals surface area contributed by atoms with E-state index < -0.39 is 0 Å². The lowest BCUT2D eigenvalue weighted by atomic mass is 10.2. The minimum Gasteiger partial charge on any atom is -0.192 e. The molecule has 0 spiro atoms. The van der Waals surface area contributed by atoms with Crippen LogP contribution in [0.5, 0.6) is 0 Å². The first kappa shape index (κ1) is 17.0. The summed E-state index contributed by atoms with van der Waals surface area (Å²) >= 11 is 6.48. The molecule has 0 atom stereocenters. The molecule has 0 saturated carbocycles. The standard InChI is InChI=1S/C20H10N2S4/c21-11-13(17-3-1-5-23-17)7-15-9-19-20(25-15)10-16(26-19)8-14(12-22)18-4-2-6-24-18/h1-10H/b13-7+,14-8+. The Hall–Kier alpha value is -2.48. The molecule has 0 saturated heterocycles. The molecule has 0 aliphatic carbocycles. The first-order valence-corrected chi connectivity index (χ1v) is 11.0. The molecule has 26 heavy (non-hydrogen) atoms. The number of nitrogens with zero attached hydrogens (tertiary/aromatic N) is 2. The van der Waals surface area contributed by atoms with Gasteiger partial charge in [0.15, 0.2) is 0 Å². The van der Waals surface area contributed by atoms with Gasteiger partial charge in [-0.05, 0) is 47.2 Å². The van der Waals surface area contributed by atoms with Gasteiger partial charge in [-0.1, -0.05) is 12.1 Å². The number of thiophene rings is 4. The Morgan fingerprint density at radius 3 is 1.58 bits per heavy atom. The molecule has 4 rings (SSSR count). The number of hydrogen-bond acceptors (Lipinski definition) is 6. The largest absolute Gasteiger partial charge is 0.192 e. The molecule has 0 aliphatic heterocycles. The van der Waals surface area contributed by atoms with Crippen LogP contribution in [0.15, 0.2) is 47.2 Å². The Morgan fingerprint density at radius 1 is 0.769 bits per heavy atom. The maximum absolute atomic E-state index is 9.40. The maximum Gasteiger partial charge on any atom is 0.101 e. The average molecular weight is 407 g/mol. The summed E-state index contributed by atoms with van der Waals surface area (Å²) in [6, 6.07) is 16.6. The Balaban J connectivity index is 1.66. The van der Waals surface area contributed by atoms with Gasteiger partial charge in [-0.25, -0.2) is 0 Å². The third-order valence-corrected chi connectivity index (χ3v) is 7.63. The van der Waals surface area contributed by atoms with Crippen molar-refractivity contribution in [2.24, 2.45) is 0 Å². The van der Waals surface area contributed by atoms with Gasteiger partial charge >= 0.3 is 0 Å². The zero-order chi connectivity index (χ0) is 17.9. The molecule has 0 aromatic carbocycles. The fourth-order valence-electron chi connectivity index (χ4n) is 2.48. The molecule has 0 bridgehead atoms. The third kappa shape index (κ3) is 3.41. The summed E-state index contributed by atoms with van der Waals surface area (Å²) in [5.74, 6) is 0. The number of nitriles is 2. The van der Waals surface area contributed by atoms with Crippen molar-refractivity contribution in [3.8, 4) is 12.1 Å². The second-order valence-corrected chi connectivity index (χ2v) is 9.45. The molecule has 0 N–H and O–H groups in total. The van der Waals surface area contributed by atoms with Crippen LogP contribution >= 0.6 is 45.3 Å². The Kier molecular flexibility index (Phi) is 4.83. The minimum absolute atomic E-state index is 0.693. The maximum atomic E-state index is 9.40. The molecule has 4 aromatic heterocycles. The topological polar surface area (TPSA) is 47.6 Å². The summed E-state index contributed by atoms with van der Waals surface area (Å²) in [6.45, 7) is 0. The highest BCUT2D eigenvalue weighted by molar-refractivity contribution is 7.28. The van der Waals surface area contributed by atoms with Gasteiger partial charge in [0.1, 0.15) is 12.1 Å². The van der Waals surface area contributed by atoms with E-state index in [-0.39, 0.29) is 0 Å². The zero-order valence-corrected chi connectivity index (χ0v) is 16.6. The van der Waals surface area contributed by atoms with Crippen LogP contribution in [-0.2, 0) is 0 Å². The van der Waals surface area contributed by atoms with Gasteiger partial charge in [-0.15, -0.1) is 45.3 Å². The fraction of sp³-hybridized carbons (Fsp3) is 0. The highest BCUT2D eigenvalue weighted by Crippen LogP contribution is 2.37. The van der Waals surface area contributed by atoms with Crippen molar-refractivity contribution < 1.29 is 0 Å². The first-order chi connectivity index (χ1) is 12.8. The summed E-state index contributed by atoms with van der Waals surface area (Å²) in [7, 11) is 0. The van der Waals surface area contributed by atoms with Crippen LogP contribution in [0.4, 0.5) is 0 Å². The van der Waals surface area contributed by atoms with Crippen molar-refractivity contribution in [1.82, 2.24) is 0 Å². The van der Waals surface area contributed by atoms with Crippen molar-refractivity contribution in [2.45, 2.75) is 0 Å². The first-order valence-electron chi connectivity index (χ1n) is 7.61. The summed E-state index contributed by atoms with van der Waals surface area (Å²) in [5, 5.41) is 22.8. The normalized spacial score (nSPS) is 12.2. The van der Waals surface area contributed by atoms with Crippen LogP contribution in [-0.4, -0.2) is 0 Å². The number of allylic oxidation sites excluding steroid dienone is 2. The van der Waals surface area contributed by atoms with Gasteiger partial charge < -0.3 is 0 Å². The second-order valence-electron chi connectivity index (χ2n) is 5.32. The number of hydrogen-bond donors (Lipinski definition) is 0. The van der Waals surface area contributed by atoms with Gasteiger partial charge in [0, 0.05) is 28.9 Å². The van der Waals surface area contributed by atoms with E-state index in [9.17, 15) is 10.5 Å². The van der Waals surface area contributed by atoms with Crippen molar-refractivity contribution in [1.29, 1.82) is 10.5 Å². The molecule has 6 heteroatoms. The molecular weight excluding hydrogens is 397 g/mol. The van der Waals surface area contributed by atoms with Crippen molar-refractivity contribution in [3.05, 3.63) is 66.7 Å². The van der Waals surface area contributed by atoms with E-state index in [4.69, 9.17) is 0 Å². The lowest BCUT2D eigenvalue weighted by Crippen LogP contribution is -1.73. The van der Waals surface area contributed by atoms with E-state index in [1.54, 1.807) is 45.3 Å². The van der Waals surface area contributed by atoms with E-state index in [1.165, 1.54) is 9.40 Å². The van der Waals surface area contributed by atoms with Gasteiger partial charge in [0.05, 0.1) is 11.1 Å². The van der Waals surface area contributed by atoms with Crippen LogP contribution in [0.1, 0.15) is 19.5 Å². The van der Waals surface area contributed by atoms with E-state index in [1.807, 2.05) is 47.2 Å². The molecule has 124 valence electrons. The predicted octanol–water partition coefficient (Wildman–Crippen LogP) is 7.21. The van der Waals surface area contributed by atoms with Gasteiger partial charge in [0.25, 0.3) is 0 Å². The fourth-order valence-corrected chi connectivity index (χ4v) is 6.17. The van der Waals surface area contributed by atoms with E-state index in [0.29, 0.717) is 11.1 Å². The SMILES string of the molecule is N#C/C(=C\c1cc2sc(/C=C(\C#N)c3cccs3)cc2s1)c1cccs1. The lowest BCUT2D eigenvalue weighted by Gasteiger charge is -1.93. The second kappa shape index (κ2) is 7.41. The van der Waals surface area contributed by atoms with Crippen LogP contribution < -0.4 is 0 Å². The molecule has 0 aliphatic rings. The van der Waals surface area contributed by atoms with E-state index in [2.05, 4.69) is 24.3 Å².